The van der Waals surface area contributed by atoms with Gasteiger partial charge in [-0.05, 0) is 37.7 Å². The quantitative estimate of drug-likeness (QED) is 0.632. The summed E-state index contributed by atoms with van der Waals surface area (Å²) in [6.07, 6.45) is 3.22. The zero-order valence-corrected chi connectivity index (χ0v) is 11.5. The summed E-state index contributed by atoms with van der Waals surface area (Å²) in [7, 11) is 0. The molecule has 1 aliphatic carbocycles. The van der Waals surface area contributed by atoms with Gasteiger partial charge in [0.05, 0.1) is 16.6 Å². The summed E-state index contributed by atoms with van der Waals surface area (Å²) >= 11 is 0. The van der Waals surface area contributed by atoms with E-state index in [1.54, 1.807) is 0 Å². The molecule has 0 aromatic heterocycles. The number of hydrogen-bond acceptors (Lipinski definition) is 5. The van der Waals surface area contributed by atoms with Crippen LogP contribution in [-0.2, 0) is 0 Å². The van der Waals surface area contributed by atoms with Gasteiger partial charge in [-0.2, -0.15) is 0 Å². The fourth-order valence-corrected chi connectivity index (χ4v) is 2.54. The molecule has 1 amide bonds. The molecule has 1 aliphatic rings. The first-order valence-corrected chi connectivity index (χ1v) is 6.87. The van der Waals surface area contributed by atoms with Crippen molar-refractivity contribution >= 4 is 11.6 Å². The zero-order valence-electron chi connectivity index (χ0n) is 11.5. The summed E-state index contributed by atoms with van der Waals surface area (Å²) in [5.41, 5.74) is 5.09. The number of nitrogens with zero attached hydrogens (tertiary/aromatic N) is 1. The Kier molecular flexibility index (Phi) is 4.74. The Hall–Kier alpha value is -2.15. The third kappa shape index (κ3) is 3.69. The summed E-state index contributed by atoms with van der Waals surface area (Å²) in [5, 5.41) is 19.8. The second kappa shape index (κ2) is 6.53. The lowest BCUT2D eigenvalue weighted by atomic mass is 9.88. The molecule has 2 rings (SSSR count). The number of non-ortho nitro benzene ring substituents is 1. The number of nitro groups is 1. The van der Waals surface area contributed by atoms with E-state index in [0.29, 0.717) is 5.92 Å². The normalized spacial score (nSPS) is 21.8. The highest BCUT2D eigenvalue weighted by atomic mass is 16.6. The highest BCUT2D eigenvalue weighted by Gasteiger charge is 2.24. The minimum absolute atomic E-state index is 0.0217. The second-order valence-electron chi connectivity index (χ2n) is 5.24. The monoisotopic (exact) mass is 294 g/mol. The maximum absolute atomic E-state index is 11.4. The van der Waals surface area contributed by atoms with Gasteiger partial charge in [-0.1, -0.05) is 0 Å². The van der Waals surface area contributed by atoms with Crippen LogP contribution in [0.25, 0.3) is 0 Å². The van der Waals surface area contributed by atoms with Crippen LogP contribution in [0.4, 0.5) is 5.69 Å². The predicted octanol–water partition coefficient (Wildman–Crippen LogP) is 1.62. The molecule has 0 spiro atoms. The number of aliphatic hydroxyl groups is 1. The molecule has 1 aromatic rings. The van der Waals surface area contributed by atoms with Gasteiger partial charge in [0.2, 0.25) is 0 Å². The van der Waals surface area contributed by atoms with Gasteiger partial charge in [0.25, 0.3) is 11.6 Å². The Bertz CT molecular complexity index is 538. The predicted molar refractivity (Wildman–Crippen MR) is 75.1 cm³/mol. The number of nitro benzene ring substituents is 1. The summed E-state index contributed by atoms with van der Waals surface area (Å²) in [6, 6.07) is 3.84. The molecular formula is C14H18N2O5. The van der Waals surface area contributed by atoms with Crippen LogP contribution in [0.5, 0.6) is 5.75 Å². The van der Waals surface area contributed by atoms with Crippen molar-refractivity contribution in [3.63, 3.8) is 0 Å². The lowest BCUT2D eigenvalue weighted by Gasteiger charge is -2.28. The van der Waals surface area contributed by atoms with Crippen LogP contribution in [0.2, 0.25) is 0 Å². The average Bonchev–Trinajstić information content (AvgIpc) is 2.48. The van der Waals surface area contributed by atoms with Crippen molar-refractivity contribution in [2.75, 3.05) is 6.61 Å². The maximum Gasteiger partial charge on any atom is 0.270 e. The standard InChI is InChI=1S/C14H18N2O5/c15-14(18)12-7-10(16(19)20)3-6-13(12)21-11-4-1-9(8-17)2-5-11/h3,6-7,9,11,17H,1-2,4-5,8H2,(H2,15,18). The van der Waals surface area contributed by atoms with E-state index in [4.69, 9.17) is 15.6 Å². The molecule has 114 valence electrons. The number of rotatable bonds is 5. The Labute approximate surface area is 121 Å². The molecule has 0 heterocycles. The molecule has 1 fully saturated rings. The molecule has 1 saturated carbocycles. The van der Waals surface area contributed by atoms with E-state index < -0.39 is 10.8 Å². The van der Waals surface area contributed by atoms with E-state index in [2.05, 4.69) is 0 Å². The fourth-order valence-electron chi connectivity index (χ4n) is 2.54. The van der Waals surface area contributed by atoms with E-state index in [-0.39, 0.29) is 29.7 Å². The molecule has 7 nitrogen and oxygen atoms in total. The SMILES string of the molecule is NC(=O)c1cc([N+](=O)[O-])ccc1OC1CCC(CO)CC1. The van der Waals surface area contributed by atoms with Crippen molar-refractivity contribution in [1.29, 1.82) is 0 Å². The van der Waals surface area contributed by atoms with Gasteiger partial charge < -0.3 is 15.6 Å². The number of aliphatic hydroxyl groups excluding tert-OH is 1. The zero-order chi connectivity index (χ0) is 15.4. The molecule has 0 bridgehead atoms. The smallest absolute Gasteiger partial charge is 0.270 e. The van der Waals surface area contributed by atoms with Gasteiger partial charge in [-0.15, -0.1) is 0 Å². The van der Waals surface area contributed by atoms with Crippen molar-refractivity contribution in [2.45, 2.75) is 31.8 Å². The summed E-state index contributed by atoms with van der Waals surface area (Å²) in [6.45, 7) is 0.177. The van der Waals surface area contributed by atoms with Gasteiger partial charge in [0.1, 0.15) is 5.75 Å². The van der Waals surface area contributed by atoms with Crippen LogP contribution < -0.4 is 10.5 Å². The van der Waals surface area contributed by atoms with Gasteiger partial charge >= 0.3 is 0 Å². The molecule has 3 N–H and O–H groups in total. The Morgan fingerprint density at radius 2 is 2.05 bits per heavy atom. The van der Waals surface area contributed by atoms with Crippen LogP contribution in [0.3, 0.4) is 0 Å². The Balaban J connectivity index is 2.13. The first kappa shape index (κ1) is 15.2. The molecule has 7 heteroatoms. The lowest BCUT2D eigenvalue weighted by Crippen LogP contribution is -2.26. The molecule has 21 heavy (non-hydrogen) atoms. The van der Waals surface area contributed by atoms with Crippen LogP contribution in [-0.4, -0.2) is 28.6 Å². The Morgan fingerprint density at radius 3 is 2.57 bits per heavy atom. The van der Waals surface area contributed by atoms with E-state index in [1.807, 2.05) is 0 Å². The molecule has 1 aromatic carbocycles. The number of nitrogens with two attached hydrogens (primary N) is 1. The molecule has 0 unspecified atom stereocenters. The molecule has 0 radical (unpaired) electrons. The fraction of sp³-hybridized carbons (Fsp3) is 0.500. The number of amides is 1. The topological polar surface area (TPSA) is 116 Å². The van der Waals surface area contributed by atoms with E-state index in [9.17, 15) is 14.9 Å². The second-order valence-corrected chi connectivity index (χ2v) is 5.24. The molecule has 0 aliphatic heterocycles. The van der Waals surface area contributed by atoms with E-state index >= 15 is 0 Å². The number of carbonyl (C=O) groups excluding carboxylic acids is 1. The first-order valence-electron chi connectivity index (χ1n) is 6.87. The van der Waals surface area contributed by atoms with Crippen molar-refractivity contribution < 1.29 is 19.6 Å². The maximum atomic E-state index is 11.4. The molecule has 0 saturated heterocycles. The van der Waals surface area contributed by atoms with Gasteiger partial charge in [0.15, 0.2) is 0 Å². The Morgan fingerprint density at radius 1 is 1.38 bits per heavy atom. The highest BCUT2D eigenvalue weighted by molar-refractivity contribution is 5.96. The minimum atomic E-state index is -0.752. The summed E-state index contributed by atoms with van der Waals surface area (Å²) in [5.74, 6) is -0.171. The van der Waals surface area contributed by atoms with Crippen molar-refractivity contribution in [2.24, 2.45) is 11.7 Å². The van der Waals surface area contributed by atoms with Crippen LogP contribution in [0.15, 0.2) is 18.2 Å². The third-order valence-electron chi connectivity index (χ3n) is 3.79. The van der Waals surface area contributed by atoms with Gasteiger partial charge in [0, 0.05) is 18.7 Å². The lowest BCUT2D eigenvalue weighted by molar-refractivity contribution is -0.384. The van der Waals surface area contributed by atoms with Crippen LogP contribution >= 0.6 is 0 Å². The van der Waals surface area contributed by atoms with Crippen molar-refractivity contribution in [3.8, 4) is 5.75 Å². The van der Waals surface area contributed by atoms with E-state index in [1.165, 1.54) is 12.1 Å². The van der Waals surface area contributed by atoms with Gasteiger partial charge in [-0.25, -0.2) is 0 Å². The third-order valence-corrected chi connectivity index (χ3v) is 3.79. The number of benzene rings is 1. The molecular weight excluding hydrogens is 276 g/mol. The summed E-state index contributed by atoms with van der Waals surface area (Å²) in [4.78, 5) is 21.6. The summed E-state index contributed by atoms with van der Waals surface area (Å²) < 4.78 is 5.77. The van der Waals surface area contributed by atoms with Crippen molar-refractivity contribution in [1.82, 2.24) is 0 Å². The number of hydrogen-bond donors (Lipinski definition) is 2. The highest BCUT2D eigenvalue weighted by Crippen LogP contribution is 2.30. The number of carbonyl (C=O) groups is 1. The van der Waals surface area contributed by atoms with Crippen LogP contribution in [0, 0.1) is 16.0 Å². The first-order chi connectivity index (χ1) is 10.0. The average molecular weight is 294 g/mol. The van der Waals surface area contributed by atoms with Crippen LogP contribution in [0.1, 0.15) is 36.0 Å². The largest absolute Gasteiger partial charge is 0.490 e. The minimum Gasteiger partial charge on any atom is -0.490 e. The van der Waals surface area contributed by atoms with Crippen molar-refractivity contribution in [3.05, 3.63) is 33.9 Å². The number of primary amides is 1. The number of ether oxygens (including phenoxy) is 1. The van der Waals surface area contributed by atoms with Gasteiger partial charge in [-0.3, -0.25) is 14.9 Å². The molecule has 0 atom stereocenters. The van der Waals surface area contributed by atoms with E-state index in [0.717, 1.165) is 31.7 Å².